The first kappa shape index (κ1) is 18.7. The molecule has 0 radical (unpaired) electrons. The average Bonchev–Trinajstić information content (AvgIpc) is 3.42. The number of methoxy groups -OCH3 is 1. The zero-order valence-electron chi connectivity index (χ0n) is 14.8. The summed E-state index contributed by atoms with van der Waals surface area (Å²) >= 11 is 9.27. The number of imidazole rings is 1. The lowest BCUT2D eigenvalue weighted by Gasteiger charge is -2.08. The maximum Gasteiger partial charge on any atom is 0.244 e. The molecule has 0 aliphatic heterocycles. The van der Waals surface area contributed by atoms with E-state index in [1.807, 2.05) is 29.1 Å². The summed E-state index contributed by atoms with van der Waals surface area (Å²) in [7, 11) is 1.54. The maximum absolute atomic E-state index is 12.3. The van der Waals surface area contributed by atoms with E-state index < -0.39 is 0 Å². The van der Waals surface area contributed by atoms with Gasteiger partial charge in [-0.1, -0.05) is 17.7 Å². The summed E-state index contributed by atoms with van der Waals surface area (Å²) in [5.41, 5.74) is 2.29. The van der Waals surface area contributed by atoms with Crippen LogP contribution in [0.4, 0.5) is 5.69 Å². The van der Waals surface area contributed by atoms with Crippen molar-refractivity contribution in [3.8, 4) is 27.0 Å². The van der Waals surface area contributed by atoms with Gasteiger partial charge in [-0.15, -0.1) is 22.7 Å². The Hall–Kier alpha value is -2.68. The Morgan fingerprint density at radius 1 is 1.29 bits per heavy atom. The lowest BCUT2D eigenvalue weighted by molar-refractivity contribution is -0.116. The van der Waals surface area contributed by atoms with E-state index in [4.69, 9.17) is 16.3 Å². The van der Waals surface area contributed by atoms with Gasteiger partial charge in [-0.05, 0) is 29.6 Å². The van der Waals surface area contributed by atoms with Crippen LogP contribution in [0.2, 0.25) is 5.02 Å². The summed E-state index contributed by atoms with van der Waals surface area (Å²) in [6.07, 6.45) is 3.44. The van der Waals surface area contributed by atoms with Crippen LogP contribution in [-0.4, -0.2) is 27.6 Å². The predicted octanol–water partition coefficient (Wildman–Crippen LogP) is 5.04. The van der Waals surface area contributed by atoms with Crippen molar-refractivity contribution in [2.45, 2.75) is 6.54 Å². The second kappa shape index (κ2) is 8.14. The summed E-state index contributed by atoms with van der Waals surface area (Å²) in [5.74, 6) is 0.382. The molecule has 9 heteroatoms. The van der Waals surface area contributed by atoms with Gasteiger partial charge < -0.3 is 14.6 Å². The minimum Gasteiger partial charge on any atom is -0.495 e. The second-order valence-corrected chi connectivity index (χ2v) is 8.06. The molecule has 3 heterocycles. The fraction of sp³-hybridized carbons (Fsp3) is 0.105. The molecule has 4 rings (SSSR count). The number of ether oxygens (including phenoxy) is 1. The highest BCUT2D eigenvalue weighted by atomic mass is 35.5. The number of nitrogens with one attached hydrogen (secondary N) is 1. The summed E-state index contributed by atoms with van der Waals surface area (Å²) in [6, 6.07) is 9.14. The Bertz CT molecular complexity index is 1110. The number of rotatable bonds is 6. The standard InChI is InChI=1S/C19H15ClN4O2S2/c1-26-16-5-4-12(7-13(16)20)22-18(25)9-24-8-14(21-11-24)19-23-15(10-28-19)17-3-2-6-27-17/h2-8,10-11H,9H2,1H3,(H,22,25). The topological polar surface area (TPSA) is 69.0 Å². The normalized spacial score (nSPS) is 10.8. The van der Waals surface area contributed by atoms with Gasteiger partial charge in [0, 0.05) is 17.3 Å². The van der Waals surface area contributed by atoms with Gasteiger partial charge in [0.05, 0.1) is 29.0 Å². The first-order chi connectivity index (χ1) is 13.6. The smallest absolute Gasteiger partial charge is 0.244 e. The lowest BCUT2D eigenvalue weighted by Crippen LogP contribution is -2.17. The first-order valence-corrected chi connectivity index (χ1v) is 10.4. The molecule has 0 fully saturated rings. The molecule has 0 atom stereocenters. The zero-order valence-corrected chi connectivity index (χ0v) is 17.1. The molecule has 1 amide bonds. The lowest BCUT2D eigenvalue weighted by atomic mass is 10.3. The molecule has 4 aromatic rings. The van der Waals surface area contributed by atoms with Crippen LogP contribution >= 0.6 is 34.3 Å². The molecule has 3 aromatic heterocycles. The van der Waals surface area contributed by atoms with Crippen LogP contribution < -0.4 is 10.1 Å². The third-order valence-electron chi connectivity index (χ3n) is 3.89. The fourth-order valence-corrected chi connectivity index (χ4v) is 4.39. The van der Waals surface area contributed by atoms with Gasteiger partial charge in [0.15, 0.2) is 0 Å². The number of carbonyl (C=O) groups excluding carboxylic acids is 1. The van der Waals surface area contributed by atoms with E-state index in [2.05, 4.69) is 15.3 Å². The van der Waals surface area contributed by atoms with Crippen molar-refractivity contribution in [3.63, 3.8) is 0 Å². The molecule has 0 aliphatic carbocycles. The van der Waals surface area contributed by atoms with E-state index in [0.29, 0.717) is 16.5 Å². The monoisotopic (exact) mass is 430 g/mol. The molecule has 0 saturated heterocycles. The maximum atomic E-state index is 12.3. The molecule has 1 N–H and O–H groups in total. The van der Waals surface area contributed by atoms with Crippen LogP contribution in [0.25, 0.3) is 21.3 Å². The van der Waals surface area contributed by atoms with E-state index in [0.717, 1.165) is 21.3 Å². The first-order valence-electron chi connectivity index (χ1n) is 8.27. The number of benzene rings is 1. The van der Waals surface area contributed by atoms with Crippen molar-refractivity contribution in [2.24, 2.45) is 0 Å². The van der Waals surface area contributed by atoms with Crippen LogP contribution in [0.3, 0.4) is 0 Å². The average molecular weight is 431 g/mol. The zero-order chi connectivity index (χ0) is 19.5. The van der Waals surface area contributed by atoms with Crippen molar-refractivity contribution in [3.05, 3.63) is 58.6 Å². The highest BCUT2D eigenvalue weighted by Gasteiger charge is 2.12. The minimum atomic E-state index is -0.177. The molecule has 1 aromatic carbocycles. The van der Waals surface area contributed by atoms with Gasteiger partial charge in [0.2, 0.25) is 5.91 Å². The molecule has 0 saturated carbocycles. The summed E-state index contributed by atoms with van der Waals surface area (Å²) in [6.45, 7) is 0.139. The van der Waals surface area contributed by atoms with E-state index >= 15 is 0 Å². The van der Waals surface area contributed by atoms with Crippen molar-refractivity contribution < 1.29 is 9.53 Å². The van der Waals surface area contributed by atoms with Gasteiger partial charge in [0.1, 0.15) is 23.0 Å². The van der Waals surface area contributed by atoms with Crippen molar-refractivity contribution in [1.29, 1.82) is 0 Å². The number of halogens is 1. The number of nitrogens with zero attached hydrogens (tertiary/aromatic N) is 3. The van der Waals surface area contributed by atoms with Crippen molar-refractivity contribution in [2.75, 3.05) is 12.4 Å². The van der Waals surface area contributed by atoms with Crippen molar-refractivity contribution in [1.82, 2.24) is 14.5 Å². The SMILES string of the molecule is COc1ccc(NC(=O)Cn2cnc(-c3nc(-c4cccs4)cs3)c2)cc1Cl. The third-order valence-corrected chi connectivity index (χ3v) is 5.94. The predicted molar refractivity (Wildman–Crippen MR) is 113 cm³/mol. The van der Waals surface area contributed by atoms with Crippen LogP contribution in [-0.2, 0) is 11.3 Å². The van der Waals surface area contributed by atoms with Gasteiger partial charge in [-0.2, -0.15) is 0 Å². The molecule has 0 unspecified atom stereocenters. The molecule has 6 nitrogen and oxygen atoms in total. The number of hydrogen-bond donors (Lipinski definition) is 1. The van der Waals surface area contributed by atoms with Crippen LogP contribution in [0.5, 0.6) is 5.75 Å². The van der Waals surface area contributed by atoms with E-state index in [1.165, 1.54) is 11.3 Å². The van der Waals surface area contributed by atoms with E-state index in [1.54, 1.807) is 47.5 Å². The molecule has 142 valence electrons. The van der Waals surface area contributed by atoms with Crippen LogP contribution in [0.1, 0.15) is 0 Å². The summed E-state index contributed by atoms with van der Waals surface area (Å²) in [4.78, 5) is 22.4. The molecular formula is C19H15ClN4O2S2. The van der Waals surface area contributed by atoms with Crippen LogP contribution in [0, 0.1) is 0 Å². The summed E-state index contributed by atoms with van der Waals surface area (Å²) < 4.78 is 6.83. The van der Waals surface area contributed by atoms with Gasteiger partial charge in [-0.25, -0.2) is 9.97 Å². The van der Waals surface area contributed by atoms with Gasteiger partial charge in [0.25, 0.3) is 0 Å². The van der Waals surface area contributed by atoms with Gasteiger partial charge >= 0.3 is 0 Å². The molecule has 0 spiro atoms. The van der Waals surface area contributed by atoms with Gasteiger partial charge in [-0.3, -0.25) is 4.79 Å². The molecule has 0 bridgehead atoms. The molecular weight excluding hydrogens is 416 g/mol. The number of thiazole rings is 1. The van der Waals surface area contributed by atoms with E-state index in [-0.39, 0.29) is 12.5 Å². The second-order valence-electron chi connectivity index (χ2n) is 5.84. The molecule has 0 aliphatic rings. The Kier molecular flexibility index (Phi) is 5.43. The quantitative estimate of drug-likeness (QED) is 0.465. The van der Waals surface area contributed by atoms with Crippen molar-refractivity contribution >= 4 is 45.9 Å². The molecule has 28 heavy (non-hydrogen) atoms. The Morgan fingerprint density at radius 3 is 2.93 bits per heavy atom. The Labute approximate surface area is 174 Å². The highest BCUT2D eigenvalue weighted by molar-refractivity contribution is 7.15. The number of thiophene rings is 1. The fourth-order valence-electron chi connectivity index (χ4n) is 2.60. The number of carbonyl (C=O) groups is 1. The largest absolute Gasteiger partial charge is 0.495 e. The number of amides is 1. The Balaban J connectivity index is 1.42. The number of hydrogen-bond acceptors (Lipinski definition) is 6. The third kappa shape index (κ3) is 4.09. The Morgan fingerprint density at radius 2 is 2.18 bits per heavy atom. The summed E-state index contributed by atoms with van der Waals surface area (Å²) in [5, 5.41) is 8.12. The van der Waals surface area contributed by atoms with Crippen LogP contribution in [0.15, 0.2) is 53.6 Å². The highest BCUT2D eigenvalue weighted by Crippen LogP contribution is 2.30. The number of aromatic nitrogens is 3. The van der Waals surface area contributed by atoms with E-state index in [9.17, 15) is 4.79 Å². The minimum absolute atomic E-state index is 0.139. The number of anilines is 1.